The summed E-state index contributed by atoms with van der Waals surface area (Å²) in [5.74, 6) is -2.19. The Morgan fingerprint density at radius 1 is 0.364 bits per heavy atom. The molecule has 0 spiro atoms. The van der Waals surface area contributed by atoms with Crippen LogP contribution in [0.5, 0.6) is 0 Å². The van der Waals surface area contributed by atoms with E-state index in [2.05, 4.69) is 27.7 Å². The predicted molar refractivity (Wildman–Crippen MR) is 252 cm³/mol. The van der Waals surface area contributed by atoms with E-state index in [1.165, 1.54) is 32.1 Å². The fourth-order valence-electron chi connectivity index (χ4n) is 6.63. The minimum absolute atomic E-state index is 0.0987. The zero-order valence-electron chi connectivity index (χ0n) is 41.1. The van der Waals surface area contributed by atoms with E-state index in [0.717, 1.165) is 109 Å². The molecule has 5 atom stereocenters. The summed E-state index contributed by atoms with van der Waals surface area (Å²) >= 11 is 0. The zero-order valence-corrected chi connectivity index (χ0v) is 42.9. The van der Waals surface area contributed by atoms with E-state index in [1.54, 1.807) is 0 Å². The largest absolute Gasteiger partial charge is 0.472 e. The molecule has 0 heterocycles. The van der Waals surface area contributed by atoms with Crippen LogP contribution in [-0.2, 0) is 65.4 Å². The maximum atomic E-state index is 12.8. The molecular weight excluding hydrogens is 898 g/mol. The molecule has 0 aromatic heterocycles. The lowest BCUT2D eigenvalue weighted by Gasteiger charge is -2.21. The Bertz CT molecular complexity index is 1320. The van der Waals surface area contributed by atoms with Crippen LogP contribution in [0.2, 0.25) is 0 Å². The van der Waals surface area contributed by atoms with Crippen LogP contribution in [0.1, 0.15) is 220 Å². The predicted octanol–water partition coefficient (Wildman–Crippen LogP) is 11.3. The van der Waals surface area contributed by atoms with Crippen molar-refractivity contribution >= 4 is 39.5 Å². The fraction of sp³-hybridized carbons (Fsp3) is 0.915. The number of phosphoric ester groups is 2. The molecule has 0 rings (SSSR count). The summed E-state index contributed by atoms with van der Waals surface area (Å²) in [4.78, 5) is 70.7. The second kappa shape index (κ2) is 43.1. The van der Waals surface area contributed by atoms with Crippen LogP contribution >= 0.6 is 15.6 Å². The van der Waals surface area contributed by atoms with Crippen LogP contribution in [0.15, 0.2) is 0 Å². The second-order valence-corrected chi connectivity index (χ2v) is 20.0. The summed E-state index contributed by atoms with van der Waals surface area (Å²) in [7, 11) is -9.82. The maximum Gasteiger partial charge on any atom is 0.472 e. The van der Waals surface area contributed by atoms with Crippen molar-refractivity contribution in [1.29, 1.82) is 0 Å². The average molecular weight is 989 g/mol. The van der Waals surface area contributed by atoms with Gasteiger partial charge in [0.1, 0.15) is 19.3 Å². The van der Waals surface area contributed by atoms with Crippen LogP contribution in [-0.4, -0.2) is 96.7 Å². The zero-order chi connectivity index (χ0) is 49.2. The van der Waals surface area contributed by atoms with E-state index in [1.807, 2.05) is 0 Å². The lowest BCUT2D eigenvalue weighted by molar-refractivity contribution is -0.161. The standard InChI is InChI=1S/C47H90O17P2/c1-5-9-13-17-19-20-22-26-30-34-47(52)64-43(38-58-45(50)32-28-25-21-18-14-10-6-2)40-62-66(55,56)60-36-41(48)35-59-65(53,54)61-39-42(63-46(51)33-29-24-16-12-8-4)37-57-44(49)31-27-23-15-11-7-3/h41-43,48H,5-40H2,1-4H3,(H,53,54)(H,55,56)/t41-,42+,43+/m0/s1. The highest BCUT2D eigenvalue weighted by Gasteiger charge is 2.30. The van der Waals surface area contributed by atoms with Gasteiger partial charge in [0.25, 0.3) is 0 Å². The van der Waals surface area contributed by atoms with Crippen molar-refractivity contribution in [3.05, 3.63) is 0 Å². The van der Waals surface area contributed by atoms with Crippen molar-refractivity contribution < 1.29 is 80.2 Å². The highest BCUT2D eigenvalue weighted by atomic mass is 31.2. The molecule has 3 N–H and O–H groups in total. The van der Waals surface area contributed by atoms with Crippen molar-refractivity contribution in [3.63, 3.8) is 0 Å². The molecule has 0 fully saturated rings. The lowest BCUT2D eigenvalue weighted by Crippen LogP contribution is -2.30. The highest BCUT2D eigenvalue weighted by molar-refractivity contribution is 7.47. The van der Waals surface area contributed by atoms with Gasteiger partial charge in [0, 0.05) is 25.7 Å². The molecule has 19 heteroatoms. The van der Waals surface area contributed by atoms with Crippen molar-refractivity contribution in [1.82, 2.24) is 0 Å². The molecule has 66 heavy (non-hydrogen) atoms. The van der Waals surface area contributed by atoms with Gasteiger partial charge in [0.2, 0.25) is 0 Å². The molecular formula is C47H90O17P2. The molecule has 17 nitrogen and oxygen atoms in total. The Balaban J connectivity index is 5.14. The number of rotatable bonds is 48. The van der Waals surface area contributed by atoms with Crippen LogP contribution in [0.4, 0.5) is 0 Å². The monoisotopic (exact) mass is 989 g/mol. The smallest absolute Gasteiger partial charge is 0.462 e. The molecule has 0 aliphatic heterocycles. The number of esters is 4. The van der Waals surface area contributed by atoms with E-state index in [4.69, 9.17) is 37.0 Å². The summed E-state index contributed by atoms with van der Waals surface area (Å²) in [5.41, 5.74) is 0. The number of aliphatic hydroxyl groups is 1. The minimum Gasteiger partial charge on any atom is -0.462 e. The number of hydrogen-bond donors (Lipinski definition) is 3. The summed E-state index contributed by atoms with van der Waals surface area (Å²) < 4.78 is 66.7. The van der Waals surface area contributed by atoms with Gasteiger partial charge in [0.15, 0.2) is 12.2 Å². The Morgan fingerprint density at radius 3 is 0.894 bits per heavy atom. The Hall–Kier alpha value is -1.94. The van der Waals surface area contributed by atoms with E-state index in [0.29, 0.717) is 25.7 Å². The third-order valence-electron chi connectivity index (χ3n) is 10.6. The van der Waals surface area contributed by atoms with Gasteiger partial charge in [-0.2, -0.15) is 0 Å². The number of carbonyl (C=O) groups excluding carboxylic acids is 4. The van der Waals surface area contributed by atoms with Crippen molar-refractivity contribution in [3.8, 4) is 0 Å². The number of hydrogen-bond acceptors (Lipinski definition) is 15. The first-order chi connectivity index (χ1) is 31.7. The molecule has 0 radical (unpaired) electrons. The van der Waals surface area contributed by atoms with E-state index < -0.39 is 97.5 Å². The van der Waals surface area contributed by atoms with Gasteiger partial charge in [0.05, 0.1) is 26.4 Å². The topological polar surface area (TPSA) is 237 Å². The average Bonchev–Trinajstić information content (AvgIpc) is 3.28. The van der Waals surface area contributed by atoms with Gasteiger partial charge < -0.3 is 33.8 Å². The second-order valence-electron chi connectivity index (χ2n) is 17.1. The molecule has 0 aromatic rings. The number of phosphoric acid groups is 2. The number of unbranched alkanes of at least 4 members (excludes halogenated alkanes) is 22. The highest BCUT2D eigenvalue weighted by Crippen LogP contribution is 2.45. The van der Waals surface area contributed by atoms with Gasteiger partial charge in [-0.3, -0.25) is 37.3 Å². The maximum absolute atomic E-state index is 12.8. The first kappa shape index (κ1) is 64.1. The summed E-state index contributed by atoms with van der Waals surface area (Å²) in [6.07, 6.45) is 22.0. The quantitative estimate of drug-likeness (QED) is 0.0222. The number of ether oxygens (including phenoxy) is 4. The third-order valence-corrected chi connectivity index (χ3v) is 12.5. The molecule has 0 amide bonds. The molecule has 0 aliphatic carbocycles. The van der Waals surface area contributed by atoms with E-state index in [-0.39, 0.29) is 25.7 Å². The fourth-order valence-corrected chi connectivity index (χ4v) is 8.21. The van der Waals surface area contributed by atoms with Crippen LogP contribution in [0.25, 0.3) is 0 Å². The van der Waals surface area contributed by atoms with Crippen molar-refractivity contribution in [2.75, 3.05) is 39.6 Å². The molecule has 2 unspecified atom stereocenters. The minimum atomic E-state index is -4.92. The lowest BCUT2D eigenvalue weighted by atomic mass is 10.1. The van der Waals surface area contributed by atoms with Gasteiger partial charge >= 0.3 is 39.5 Å². The van der Waals surface area contributed by atoms with Gasteiger partial charge in [-0.15, -0.1) is 0 Å². The van der Waals surface area contributed by atoms with Gasteiger partial charge in [-0.05, 0) is 25.7 Å². The molecule has 0 saturated heterocycles. The Morgan fingerprint density at radius 2 is 0.606 bits per heavy atom. The van der Waals surface area contributed by atoms with Gasteiger partial charge in [-0.25, -0.2) is 9.13 Å². The normalized spacial score (nSPS) is 14.7. The molecule has 0 aliphatic rings. The number of aliphatic hydroxyl groups excluding tert-OH is 1. The van der Waals surface area contributed by atoms with Crippen molar-refractivity contribution in [2.24, 2.45) is 0 Å². The van der Waals surface area contributed by atoms with Crippen LogP contribution in [0, 0.1) is 0 Å². The Labute approximate surface area is 397 Å². The first-order valence-electron chi connectivity index (χ1n) is 25.3. The summed E-state index contributed by atoms with van der Waals surface area (Å²) in [6, 6.07) is 0. The van der Waals surface area contributed by atoms with Crippen LogP contribution in [0.3, 0.4) is 0 Å². The summed E-state index contributed by atoms with van der Waals surface area (Å²) in [6.45, 7) is 4.52. The molecule has 0 aromatic carbocycles. The molecule has 390 valence electrons. The van der Waals surface area contributed by atoms with Gasteiger partial charge in [-0.1, -0.05) is 169 Å². The Kier molecular flexibility index (Phi) is 41.8. The van der Waals surface area contributed by atoms with Crippen LogP contribution < -0.4 is 0 Å². The first-order valence-corrected chi connectivity index (χ1v) is 28.3. The van der Waals surface area contributed by atoms with E-state index >= 15 is 0 Å². The van der Waals surface area contributed by atoms with E-state index in [9.17, 15) is 43.2 Å². The summed E-state index contributed by atoms with van der Waals surface area (Å²) in [5, 5.41) is 10.4. The molecule has 0 bridgehead atoms. The third kappa shape index (κ3) is 42.2. The molecule has 0 saturated carbocycles. The van der Waals surface area contributed by atoms with Crippen molar-refractivity contribution in [2.45, 2.75) is 239 Å². The number of carbonyl (C=O) groups is 4. The SMILES string of the molecule is CCCCCCCCCCCC(=O)O[C@H](COC(=O)CCCCCCCCC)COP(=O)(O)OC[C@@H](O)COP(=O)(O)OC[C@@H](COC(=O)CCCCCCC)OC(=O)CCCCCCC.